The van der Waals surface area contributed by atoms with E-state index in [2.05, 4.69) is 4.90 Å². The van der Waals surface area contributed by atoms with Gasteiger partial charge in [0.15, 0.2) is 6.79 Å². The molecule has 5 heteroatoms. The summed E-state index contributed by atoms with van der Waals surface area (Å²) in [6, 6.07) is 4.04. The third kappa shape index (κ3) is 3.19. The first kappa shape index (κ1) is 15.1. The van der Waals surface area contributed by atoms with Gasteiger partial charge >= 0.3 is 0 Å². The van der Waals surface area contributed by atoms with Crippen LogP contribution in [0.2, 0.25) is 5.02 Å². The molecule has 1 saturated heterocycles. The molecular formula is C16H22ClNO3. The molecule has 1 N–H and O–H groups in total. The van der Waals surface area contributed by atoms with Gasteiger partial charge in [0.25, 0.3) is 0 Å². The number of aliphatic hydroxyl groups is 1. The SMILES string of the molecule is CC(C)(O)C1CCCN1Cc1cc(Cl)cc2c1OCOC2. The number of benzene rings is 1. The smallest absolute Gasteiger partial charge is 0.189 e. The van der Waals surface area contributed by atoms with E-state index < -0.39 is 5.60 Å². The Bertz CT molecular complexity index is 527. The van der Waals surface area contributed by atoms with Gasteiger partial charge in [-0.25, -0.2) is 0 Å². The highest BCUT2D eigenvalue weighted by Gasteiger charge is 2.36. The topological polar surface area (TPSA) is 41.9 Å². The Kier molecular flexibility index (Phi) is 4.14. The summed E-state index contributed by atoms with van der Waals surface area (Å²) in [5.41, 5.74) is 1.39. The van der Waals surface area contributed by atoms with Crippen molar-refractivity contribution in [3.63, 3.8) is 0 Å². The first-order chi connectivity index (χ1) is 9.95. The molecule has 1 aromatic rings. The number of ether oxygens (including phenoxy) is 2. The Morgan fingerprint density at radius 3 is 3.00 bits per heavy atom. The van der Waals surface area contributed by atoms with Crippen molar-refractivity contribution >= 4 is 11.6 Å². The molecule has 1 unspecified atom stereocenters. The van der Waals surface area contributed by atoms with Crippen LogP contribution >= 0.6 is 11.6 Å². The normalized spacial score (nSPS) is 23.0. The average molecular weight is 312 g/mol. The number of halogens is 1. The fraction of sp³-hybridized carbons (Fsp3) is 0.625. The quantitative estimate of drug-likeness (QED) is 0.932. The Morgan fingerprint density at radius 2 is 2.24 bits per heavy atom. The third-order valence-corrected chi connectivity index (χ3v) is 4.52. The summed E-state index contributed by atoms with van der Waals surface area (Å²) in [7, 11) is 0. The van der Waals surface area contributed by atoms with E-state index in [0.29, 0.717) is 11.6 Å². The predicted molar refractivity (Wildman–Crippen MR) is 81.5 cm³/mol. The lowest BCUT2D eigenvalue weighted by Crippen LogP contribution is -2.45. The molecule has 1 fully saturated rings. The zero-order chi connectivity index (χ0) is 15.0. The van der Waals surface area contributed by atoms with Crippen LogP contribution in [0.1, 0.15) is 37.8 Å². The third-order valence-electron chi connectivity index (χ3n) is 4.30. The molecule has 1 atom stereocenters. The fourth-order valence-corrected chi connectivity index (χ4v) is 3.67. The number of hydrogen-bond acceptors (Lipinski definition) is 4. The second-order valence-corrected chi connectivity index (χ2v) is 6.88. The Balaban J connectivity index is 1.86. The maximum absolute atomic E-state index is 10.3. The van der Waals surface area contributed by atoms with E-state index in [1.165, 1.54) is 0 Å². The molecule has 0 radical (unpaired) electrons. The molecule has 0 bridgehead atoms. The lowest BCUT2D eigenvalue weighted by Gasteiger charge is -2.34. The van der Waals surface area contributed by atoms with Crippen LogP contribution in [-0.4, -0.2) is 35.0 Å². The first-order valence-corrected chi connectivity index (χ1v) is 7.81. The van der Waals surface area contributed by atoms with Gasteiger partial charge in [0.1, 0.15) is 5.75 Å². The van der Waals surface area contributed by atoms with E-state index in [4.69, 9.17) is 21.1 Å². The number of hydrogen-bond donors (Lipinski definition) is 1. The van der Waals surface area contributed by atoms with Crippen LogP contribution in [0.4, 0.5) is 0 Å². The molecule has 0 aromatic heterocycles. The molecular weight excluding hydrogens is 290 g/mol. The summed E-state index contributed by atoms with van der Waals surface area (Å²) in [4.78, 5) is 2.32. The highest BCUT2D eigenvalue weighted by molar-refractivity contribution is 6.30. The van der Waals surface area contributed by atoms with Crippen LogP contribution in [-0.2, 0) is 17.9 Å². The minimum atomic E-state index is -0.695. The average Bonchev–Trinajstić information content (AvgIpc) is 2.86. The number of rotatable bonds is 3. The van der Waals surface area contributed by atoms with Gasteiger partial charge in [-0.15, -0.1) is 0 Å². The molecule has 2 aliphatic rings. The van der Waals surface area contributed by atoms with Gasteiger partial charge in [-0.05, 0) is 45.4 Å². The highest BCUT2D eigenvalue weighted by Crippen LogP contribution is 2.35. The fourth-order valence-electron chi connectivity index (χ4n) is 3.41. The van der Waals surface area contributed by atoms with E-state index in [1.807, 2.05) is 26.0 Å². The van der Waals surface area contributed by atoms with Crippen molar-refractivity contribution < 1.29 is 14.6 Å². The molecule has 116 valence electrons. The van der Waals surface area contributed by atoms with Gasteiger partial charge in [-0.1, -0.05) is 11.6 Å². The Labute approximate surface area is 130 Å². The first-order valence-electron chi connectivity index (χ1n) is 7.43. The Hall–Kier alpha value is -0.810. The van der Waals surface area contributed by atoms with Crippen LogP contribution in [0, 0.1) is 0 Å². The summed E-state index contributed by atoms with van der Waals surface area (Å²) in [5, 5.41) is 11.0. The molecule has 0 amide bonds. The minimum Gasteiger partial charge on any atom is -0.467 e. The van der Waals surface area contributed by atoms with Crippen molar-refractivity contribution in [3.8, 4) is 5.75 Å². The van der Waals surface area contributed by atoms with Crippen molar-refractivity contribution in [3.05, 3.63) is 28.3 Å². The molecule has 0 spiro atoms. The summed E-state index contributed by atoms with van der Waals surface area (Å²) in [6.45, 7) is 6.33. The van der Waals surface area contributed by atoms with Gasteiger partial charge in [-0.2, -0.15) is 0 Å². The Morgan fingerprint density at radius 1 is 1.43 bits per heavy atom. The van der Waals surface area contributed by atoms with Crippen LogP contribution in [0.15, 0.2) is 12.1 Å². The van der Waals surface area contributed by atoms with E-state index in [9.17, 15) is 5.11 Å². The van der Waals surface area contributed by atoms with E-state index in [-0.39, 0.29) is 12.8 Å². The maximum Gasteiger partial charge on any atom is 0.189 e. The van der Waals surface area contributed by atoms with Crippen molar-refractivity contribution in [2.24, 2.45) is 0 Å². The largest absolute Gasteiger partial charge is 0.467 e. The predicted octanol–water partition coefficient (Wildman–Crippen LogP) is 2.94. The molecule has 2 heterocycles. The van der Waals surface area contributed by atoms with Crippen molar-refractivity contribution in [2.45, 2.75) is 51.5 Å². The lowest BCUT2D eigenvalue weighted by molar-refractivity contribution is -0.0201. The zero-order valence-corrected chi connectivity index (χ0v) is 13.3. The second-order valence-electron chi connectivity index (χ2n) is 6.45. The highest BCUT2D eigenvalue weighted by atomic mass is 35.5. The summed E-state index contributed by atoms with van der Waals surface area (Å²) < 4.78 is 11.0. The minimum absolute atomic E-state index is 0.173. The zero-order valence-electron chi connectivity index (χ0n) is 12.6. The monoisotopic (exact) mass is 311 g/mol. The van der Waals surface area contributed by atoms with Crippen molar-refractivity contribution in [1.29, 1.82) is 0 Å². The molecule has 3 rings (SSSR count). The molecule has 0 aliphatic carbocycles. The molecule has 21 heavy (non-hydrogen) atoms. The summed E-state index contributed by atoms with van der Waals surface area (Å²) in [5.74, 6) is 0.895. The van der Waals surface area contributed by atoms with Gasteiger partial charge in [0.05, 0.1) is 12.2 Å². The maximum atomic E-state index is 10.3. The number of nitrogens with zero attached hydrogens (tertiary/aromatic N) is 1. The standard InChI is InChI=1S/C16H22ClNO3/c1-16(2,19)14-4-3-5-18(14)8-11-6-13(17)7-12-9-20-10-21-15(11)12/h6-7,14,19H,3-5,8-10H2,1-2H3. The van der Waals surface area contributed by atoms with Gasteiger partial charge in [-0.3, -0.25) is 4.90 Å². The summed E-state index contributed by atoms with van der Waals surface area (Å²) >= 11 is 6.21. The molecule has 0 saturated carbocycles. The number of fused-ring (bicyclic) bond motifs is 1. The molecule has 4 nitrogen and oxygen atoms in total. The molecule has 2 aliphatic heterocycles. The van der Waals surface area contributed by atoms with Crippen LogP contribution in [0.3, 0.4) is 0 Å². The summed E-state index contributed by atoms with van der Waals surface area (Å²) in [6.07, 6.45) is 2.14. The molecule has 1 aromatic carbocycles. The van der Waals surface area contributed by atoms with E-state index >= 15 is 0 Å². The number of likely N-dealkylation sites (tertiary alicyclic amines) is 1. The van der Waals surface area contributed by atoms with Crippen molar-refractivity contribution in [2.75, 3.05) is 13.3 Å². The van der Waals surface area contributed by atoms with E-state index in [1.54, 1.807) is 0 Å². The van der Waals surface area contributed by atoms with Crippen molar-refractivity contribution in [1.82, 2.24) is 4.90 Å². The van der Waals surface area contributed by atoms with Crippen LogP contribution in [0.5, 0.6) is 5.75 Å². The van der Waals surface area contributed by atoms with Crippen LogP contribution < -0.4 is 4.74 Å². The van der Waals surface area contributed by atoms with Gasteiger partial charge in [0, 0.05) is 28.7 Å². The second kappa shape index (κ2) is 5.76. The van der Waals surface area contributed by atoms with Crippen LogP contribution in [0.25, 0.3) is 0 Å². The van der Waals surface area contributed by atoms with E-state index in [0.717, 1.165) is 42.8 Å². The van der Waals surface area contributed by atoms with Gasteiger partial charge < -0.3 is 14.6 Å². The van der Waals surface area contributed by atoms with Gasteiger partial charge in [0.2, 0.25) is 0 Å². The lowest BCUT2D eigenvalue weighted by atomic mass is 9.96.